The summed E-state index contributed by atoms with van der Waals surface area (Å²) < 4.78 is 26.3. The molecule has 1 N–H and O–H groups in total. The summed E-state index contributed by atoms with van der Waals surface area (Å²) in [4.78, 5) is 2.37. The van der Waals surface area contributed by atoms with E-state index in [1.165, 1.54) is 22.5 Å². The van der Waals surface area contributed by atoms with Crippen LogP contribution in [0.25, 0.3) is 0 Å². The van der Waals surface area contributed by atoms with Gasteiger partial charge in [0.2, 0.25) is 10.0 Å². The van der Waals surface area contributed by atoms with Crippen LogP contribution in [-0.2, 0) is 10.0 Å². The molecule has 1 aromatic carbocycles. The van der Waals surface area contributed by atoms with Crippen molar-refractivity contribution in [1.82, 2.24) is 14.5 Å². The van der Waals surface area contributed by atoms with Gasteiger partial charge in [-0.2, -0.15) is 4.31 Å². The first-order chi connectivity index (χ1) is 9.89. The fraction of sp³-hybridized carbons (Fsp3) is 0.538. The number of piperazine rings is 1. The minimum atomic E-state index is -3.56. The highest BCUT2D eigenvalue weighted by molar-refractivity contribution is 7.89. The summed E-state index contributed by atoms with van der Waals surface area (Å²) in [6.07, 6.45) is 0. The second kappa shape index (κ2) is 7.26. The maximum atomic E-state index is 12.5. The molecule has 5 nitrogen and oxygen atoms in total. The van der Waals surface area contributed by atoms with E-state index in [9.17, 15) is 8.42 Å². The molecule has 8 heteroatoms. The molecule has 1 aromatic rings. The topological polar surface area (TPSA) is 52.6 Å². The maximum Gasteiger partial charge on any atom is 0.242 e. The van der Waals surface area contributed by atoms with E-state index in [1.54, 1.807) is 7.05 Å². The first-order valence-corrected chi connectivity index (χ1v) is 8.95. The molecule has 1 saturated heterocycles. The van der Waals surface area contributed by atoms with Crippen LogP contribution in [-0.4, -0.2) is 63.9 Å². The molecule has 1 heterocycles. The summed E-state index contributed by atoms with van der Waals surface area (Å²) in [5, 5.41) is 3.90. The minimum absolute atomic E-state index is 0.128. The lowest BCUT2D eigenvalue weighted by atomic mass is 10.3. The molecule has 0 aromatic heterocycles. The van der Waals surface area contributed by atoms with E-state index in [2.05, 4.69) is 10.2 Å². The second-order valence-corrected chi connectivity index (χ2v) is 7.94. The van der Waals surface area contributed by atoms with E-state index < -0.39 is 10.0 Å². The third kappa shape index (κ3) is 4.55. The lowest BCUT2D eigenvalue weighted by molar-refractivity contribution is 0.229. The predicted molar refractivity (Wildman–Crippen MR) is 85.6 cm³/mol. The van der Waals surface area contributed by atoms with Crippen LogP contribution in [0.2, 0.25) is 10.0 Å². The molecule has 1 fully saturated rings. The van der Waals surface area contributed by atoms with Crippen molar-refractivity contribution in [3.63, 3.8) is 0 Å². The molecule has 21 heavy (non-hydrogen) atoms. The zero-order valence-corrected chi connectivity index (χ0v) is 14.2. The van der Waals surface area contributed by atoms with Crippen molar-refractivity contribution in [2.24, 2.45) is 0 Å². The number of nitrogens with one attached hydrogen (secondary N) is 1. The van der Waals surface area contributed by atoms with E-state index in [0.29, 0.717) is 23.1 Å². The fourth-order valence-electron chi connectivity index (χ4n) is 2.19. The molecule has 0 radical (unpaired) electrons. The average molecular weight is 352 g/mol. The molecular formula is C13H19Cl2N3O2S. The Balaban J connectivity index is 2.03. The van der Waals surface area contributed by atoms with Gasteiger partial charge in [-0.1, -0.05) is 23.2 Å². The molecule has 0 unspecified atom stereocenters. The Labute approximate surface area is 135 Å². The van der Waals surface area contributed by atoms with Crippen LogP contribution in [0, 0.1) is 0 Å². The molecule has 2 rings (SSSR count). The molecule has 0 bridgehead atoms. The van der Waals surface area contributed by atoms with Crippen LogP contribution in [0.1, 0.15) is 0 Å². The van der Waals surface area contributed by atoms with Crippen molar-refractivity contribution in [1.29, 1.82) is 0 Å². The van der Waals surface area contributed by atoms with E-state index in [4.69, 9.17) is 23.2 Å². The average Bonchev–Trinajstić information content (AvgIpc) is 2.44. The number of hydrogen-bond donors (Lipinski definition) is 1. The van der Waals surface area contributed by atoms with Crippen molar-refractivity contribution < 1.29 is 8.42 Å². The van der Waals surface area contributed by atoms with Crippen molar-refractivity contribution in [2.45, 2.75) is 4.90 Å². The van der Waals surface area contributed by atoms with Crippen molar-refractivity contribution in [2.75, 3.05) is 46.3 Å². The number of halogens is 2. The van der Waals surface area contributed by atoms with Gasteiger partial charge in [-0.05, 0) is 18.2 Å². The maximum absolute atomic E-state index is 12.5. The number of hydrogen-bond acceptors (Lipinski definition) is 4. The van der Waals surface area contributed by atoms with Gasteiger partial charge in [-0.25, -0.2) is 8.42 Å². The molecular weight excluding hydrogens is 333 g/mol. The Bertz CT molecular complexity index is 569. The van der Waals surface area contributed by atoms with Crippen LogP contribution in [0.5, 0.6) is 0 Å². The highest BCUT2D eigenvalue weighted by atomic mass is 35.5. The van der Waals surface area contributed by atoms with E-state index in [0.717, 1.165) is 26.2 Å². The third-order valence-electron chi connectivity index (χ3n) is 3.48. The molecule has 0 amide bonds. The van der Waals surface area contributed by atoms with Crippen LogP contribution < -0.4 is 5.32 Å². The van der Waals surface area contributed by atoms with Gasteiger partial charge in [0.05, 0.1) is 4.90 Å². The SMILES string of the molecule is CN(CCN1CCNCC1)S(=O)(=O)c1cc(Cl)cc(Cl)c1. The van der Waals surface area contributed by atoms with Gasteiger partial charge < -0.3 is 5.32 Å². The van der Waals surface area contributed by atoms with Gasteiger partial charge in [0.25, 0.3) is 0 Å². The quantitative estimate of drug-likeness (QED) is 0.873. The fourth-order valence-corrected chi connectivity index (χ4v) is 4.08. The van der Waals surface area contributed by atoms with Gasteiger partial charge >= 0.3 is 0 Å². The highest BCUT2D eigenvalue weighted by Gasteiger charge is 2.22. The highest BCUT2D eigenvalue weighted by Crippen LogP contribution is 2.24. The molecule has 0 saturated carbocycles. The Kier molecular flexibility index (Phi) is 5.88. The smallest absolute Gasteiger partial charge is 0.242 e. The summed E-state index contributed by atoms with van der Waals surface area (Å²) in [6.45, 7) is 4.92. The molecule has 118 valence electrons. The van der Waals surface area contributed by atoms with E-state index >= 15 is 0 Å². The van der Waals surface area contributed by atoms with Crippen LogP contribution in [0.4, 0.5) is 0 Å². The summed E-state index contributed by atoms with van der Waals surface area (Å²) in [5.41, 5.74) is 0. The molecule has 1 aliphatic heterocycles. The van der Waals surface area contributed by atoms with Crippen LogP contribution >= 0.6 is 23.2 Å². The van der Waals surface area contributed by atoms with E-state index in [1.807, 2.05) is 0 Å². The molecule has 0 atom stereocenters. The Morgan fingerprint density at radius 1 is 1.19 bits per heavy atom. The van der Waals surface area contributed by atoms with Gasteiger partial charge in [-0.15, -0.1) is 0 Å². The van der Waals surface area contributed by atoms with E-state index in [-0.39, 0.29) is 4.90 Å². The second-order valence-electron chi connectivity index (χ2n) is 5.02. The largest absolute Gasteiger partial charge is 0.314 e. The van der Waals surface area contributed by atoms with Crippen molar-refractivity contribution in [3.8, 4) is 0 Å². The first-order valence-electron chi connectivity index (χ1n) is 6.75. The lowest BCUT2D eigenvalue weighted by Gasteiger charge is -2.28. The standard InChI is InChI=1S/C13H19Cl2N3O2S/c1-17(6-7-18-4-2-16-3-5-18)21(19,20)13-9-11(14)8-12(15)10-13/h8-10,16H,2-7H2,1H3. The third-order valence-corrected chi connectivity index (χ3v) is 5.76. The molecule has 0 spiro atoms. The zero-order chi connectivity index (χ0) is 15.5. The van der Waals surface area contributed by atoms with Crippen molar-refractivity contribution >= 4 is 33.2 Å². The molecule has 1 aliphatic rings. The Morgan fingerprint density at radius 3 is 2.33 bits per heavy atom. The summed E-state index contributed by atoms with van der Waals surface area (Å²) in [5.74, 6) is 0. The number of likely N-dealkylation sites (N-methyl/N-ethyl adjacent to an activating group) is 1. The monoisotopic (exact) mass is 351 g/mol. The van der Waals surface area contributed by atoms with Gasteiger partial charge in [-0.3, -0.25) is 4.90 Å². The van der Waals surface area contributed by atoms with Crippen LogP contribution in [0.15, 0.2) is 23.1 Å². The predicted octanol–water partition coefficient (Wildman–Crippen LogP) is 1.52. The summed E-state index contributed by atoms with van der Waals surface area (Å²) in [7, 11) is -1.99. The number of nitrogens with zero attached hydrogens (tertiary/aromatic N) is 2. The normalized spacial score (nSPS) is 17.3. The number of sulfonamides is 1. The molecule has 0 aliphatic carbocycles. The first kappa shape index (κ1) is 17.0. The Hall–Kier alpha value is -0.370. The van der Waals surface area contributed by atoms with Crippen molar-refractivity contribution in [3.05, 3.63) is 28.2 Å². The van der Waals surface area contributed by atoms with Crippen LogP contribution in [0.3, 0.4) is 0 Å². The van der Waals surface area contributed by atoms with Gasteiger partial charge in [0.15, 0.2) is 0 Å². The minimum Gasteiger partial charge on any atom is -0.314 e. The van der Waals surface area contributed by atoms with Gasteiger partial charge in [0, 0.05) is 56.4 Å². The summed E-state index contributed by atoms with van der Waals surface area (Å²) >= 11 is 11.8. The van der Waals surface area contributed by atoms with Gasteiger partial charge in [0.1, 0.15) is 0 Å². The lowest BCUT2D eigenvalue weighted by Crippen LogP contribution is -2.46. The zero-order valence-electron chi connectivity index (χ0n) is 11.8. The number of rotatable bonds is 5. The number of benzene rings is 1. The Morgan fingerprint density at radius 2 is 1.76 bits per heavy atom. The summed E-state index contributed by atoms with van der Waals surface area (Å²) in [6, 6.07) is 4.36.